The smallest absolute Gasteiger partial charge is 0.343 e. The van der Waals surface area contributed by atoms with Crippen LogP contribution in [0.5, 0.6) is 0 Å². The van der Waals surface area contributed by atoms with E-state index in [1.54, 1.807) is 6.20 Å². The molecule has 0 fully saturated rings. The molecule has 37 heavy (non-hydrogen) atoms. The average molecular weight is 524 g/mol. The highest BCUT2D eigenvalue weighted by molar-refractivity contribution is 7.99. The van der Waals surface area contributed by atoms with Crippen molar-refractivity contribution in [1.29, 1.82) is 0 Å². The van der Waals surface area contributed by atoms with Gasteiger partial charge in [0.05, 0.1) is 10.4 Å². The SMILES string of the molecule is CCCCCCCCCCCCCCCCNc1ncnc(Sc2cccc3cccnc23)c1[N+](=O)[O-]. The summed E-state index contributed by atoms with van der Waals surface area (Å²) in [5, 5.41) is 16.4. The van der Waals surface area contributed by atoms with Crippen LogP contribution in [0.4, 0.5) is 11.5 Å². The molecule has 2 aromatic heterocycles. The zero-order valence-corrected chi connectivity index (χ0v) is 23.0. The number of benzene rings is 1. The summed E-state index contributed by atoms with van der Waals surface area (Å²) in [5.74, 6) is 0.283. The van der Waals surface area contributed by atoms with Crippen LogP contribution in [0, 0.1) is 10.1 Å². The number of nitrogens with one attached hydrogen (secondary N) is 1. The molecule has 1 N–H and O–H groups in total. The molecule has 8 heteroatoms. The van der Waals surface area contributed by atoms with E-state index in [-0.39, 0.29) is 11.5 Å². The fraction of sp³-hybridized carbons (Fsp3) is 0.552. The largest absolute Gasteiger partial charge is 0.364 e. The van der Waals surface area contributed by atoms with Gasteiger partial charge >= 0.3 is 5.69 Å². The summed E-state index contributed by atoms with van der Waals surface area (Å²) in [6.07, 6.45) is 21.4. The quantitative estimate of drug-likeness (QED) is 0.0725. The number of para-hydroxylation sites is 1. The molecule has 2 heterocycles. The third-order valence-electron chi connectivity index (χ3n) is 6.60. The van der Waals surface area contributed by atoms with Gasteiger partial charge in [-0.25, -0.2) is 9.97 Å². The van der Waals surface area contributed by atoms with Gasteiger partial charge in [0.25, 0.3) is 0 Å². The van der Waals surface area contributed by atoms with Crippen LogP contribution in [0.15, 0.2) is 52.8 Å². The Morgan fingerprint density at radius 2 is 1.43 bits per heavy atom. The van der Waals surface area contributed by atoms with E-state index >= 15 is 0 Å². The Morgan fingerprint density at radius 1 is 0.811 bits per heavy atom. The van der Waals surface area contributed by atoms with E-state index in [0.717, 1.165) is 28.6 Å². The Bertz CT molecular complexity index is 1090. The van der Waals surface area contributed by atoms with Gasteiger partial charge in [0.15, 0.2) is 5.03 Å². The number of hydrogen-bond acceptors (Lipinski definition) is 7. The minimum Gasteiger partial charge on any atom is -0.364 e. The van der Waals surface area contributed by atoms with E-state index in [1.807, 2.05) is 30.3 Å². The number of fused-ring (bicyclic) bond motifs is 1. The number of nitrogens with zero attached hydrogens (tertiary/aromatic N) is 4. The summed E-state index contributed by atoms with van der Waals surface area (Å²) >= 11 is 1.25. The number of anilines is 1. The second-order valence-corrected chi connectivity index (χ2v) is 10.6. The van der Waals surface area contributed by atoms with Crippen LogP contribution in [0.2, 0.25) is 0 Å². The fourth-order valence-corrected chi connectivity index (χ4v) is 5.51. The summed E-state index contributed by atoms with van der Waals surface area (Å²) in [4.78, 5) is 25.2. The second kappa shape index (κ2) is 16.9. The third-order valence-corrected chi connectivity index (χ3v) is 7.64. The molecule has 7 nitrogen and oxygen atoms in total. The van der Waals surface area contributed by atoms with Crippen LogP contribution < -0.4 is 5.32 Å². The first-order chi connectivity index (χ1) is 18.2. The standard InChI is InChI=1S/C29H41N5O2S/c1-2-3-4-5-6-7-8-9-10-11-12-13-14-15-21-31-28-27(34(35)36)29(33-23-32-28)37-25-20-16-18-24-19-17-22-30-26(24)25/h16-20,22-23H,2-15,21H2,1H3,(H,31,32,33). The molecule has 200 valence electrons. The highest BCUT2D eigenvalue weighted by Gasteiger charge is 2.24. The van der Waals surface area contributed by atoms with Crippen molar-refractivity contribution < 1.29 is 4.92 Å². The monoisotopic (exact) mass is 523 g/mol. The second-order valence-electron chi connectivity index (χ2n) is 9.59. The number of hydrogen-bond donors (Lipinski definition) is 1. The number of aromatic nitrogens is 3. The lowest BCUT2D eigenvalue weighted by Crippen LogP contribution is -2.08. The van der Waals surface area contributed by atoms with E-state index in [4.69, 9.17) is 0 Å². The Kier molecular flexibility index (Phi) is 13.2. The van der Waals surface area contributed by atoms with E-state index < -0.39 is 4.92 Å². The molecule has 0 aliphatic heterocycles. The maximum absolute atomic E-state index is 11.9. The zero-order valence-electron chi connectivity index (χ0n) is 22.2. The number of nitro groups is 1. The minimum atomic E-state index is -0.394. The van der Waals surface area contributed by atoms with E-state index in [9.17, 15) is 10.1 Å². The van der Waals surface area contributed by atoms with Gasteiger partial charge in [-0.15, -0.1) is 0 Å². The molecule has 0 unspecified atom stereocenters. The lowest BCUT2D eigenvalue weighted by atomic mass is 10.0. The zero-order chi connectivity index (χ0) is 26.1. The molecule has 0 atom stereocenters. The van der Waals surface area contributed by atoms with Crippen LogP contribution in [-0.4, -0.2) is 26.4 Å². The lowest BCUT2D eigenvalue weighted by Gasteiger charge is -2.09. The van der Waals surface area contributed by atoms with E-state index in [2.05, 4.69) is 27.2 Å². The predicted molar refractivity (Wildman–Crippen MR) is 153 cm³/mol. The van der Waals surface area contributed by atoms with Gasteiger partial charge in [-0.2, -0.15) is 0 Å². The lowest BCUT2D eigenvalue weighted by molar-refractivity contribution is -0.387. The molecule has 3 aromatic rings. The molecule has 0 aliphatic rings. The summed E-state index contributed by atoms with van der Waals surface area (Å²) in [7, 11) is 0. The maximum atomic E-state index is 11.9. The maximum Gasteiger partial charge on any atom is 0.343 e. The molecule has 0 spiro atoms. The van der Waals surface area contributed by atoms with Crippen LogP contribution >= 0.6 is 11.8 Å². The number of rotatable bonds is 19. The van der Waals surface area contributed by atoms with Crippen molar-refractivity contribution in [3.8, 4) is 0 Å². The Labute approximate surface area is 225 Å². The van der Waals surface area contributed by atoms with E-state index in [0.29, 0.717) is 11.6 Å². The molecule has 0 bridgehead atoms. The summed E-state index contributed by atoms with van der Waals surface area (Å²) in [6, 6.07) is 9.67. The van der Waals surface area contributed by atoms with Crippen molar-refractivity contribution >= 4 is 34.2 Å². The van der Waals surface area contributed by atoms with Gasteiger partial charge in [-0.05, 0) is 18.6 Å². The van der Waals surface area contributed by atoms with Crippen molar-refractivity contribution in [2.45, 2.75) is 107 Å². The van der Waals surface area contributed by atoms with Crippen LogP contribution in [-0.2, 0) is 0 Å². The van der Waals surface area contributed by atoms with Crippen molar-refractivity contribution in [1.82, 2.24) is 15.0 Å². The molecule has 1 aromatic carbocycles. The highest BCUT2D eigenvalue weighted by Crippen LogP contribution is 2.38. The van der Waals surface area contributed by atoms with Crippen molar-refractivity contribution in [2.24, 2.45) is 0 Å². The van der Waals surface area contributed by atoms with Gasteiger partial charge in [0.2, 0.25) is 5.82 Å². The average Bonchev–Trinajstić information content (AvgIpc) is 2.91. The Morgan fingerprint density at radius 3 is 2.08 bits per heavy atom. The number of unbranched alkanes of at least 4 members (excludes halogenated alkanes) is 13. The molecule has 0 saturated heterocycles. The predicted octanol–water partition coefficient (Wildman–Crippen LogP) is 8.98. The third kappa shape index (κ3) is 9.91. The first-order valence-corrected chi connectivity index (χ1v) is 14.8. The van der Waals surface area contributed by atoms with E-state index in [1.165, 1.54) is 95.1 Å². The Balaban J connectivity index is 1.37. The van der Waals surface area contributed by atoms with Crippen molar-refractivity contribution in [3.05, 3.63) is 53.0 Å². The summed E-state index contributed by atoms with van der Waals surface area (Å²) in [6.45, 7) is 2.93. The van der Waals surface area contributed by atoms with Crippen molar-refractivity contribution in [3.63, 3.8) is 0 Å². The topological polar surface area (TPSA) is 93.8 Å². The highest BCUT2D eigenvalue weighted by atomic mass is 32.2. The fourth-order valence-electron chi connectivity index (χ4n) is 4.52. The molecule has 0 aliphatic carbocycles. The first kappa shape index (κ1) is 28.8. The Hall–Kier alpha value is -2.74. The molecule has 0 radical (unpaired) electrons. The van der Waals surface area contributed by atoms with Gasteiger partial charge in [0.1, 0.15) is 6.33 Å². The molecular formula is C29H41N5O2S. The molecular weight excluding hydrogens is 482 g/mol. The normalized spacial score (nSPS) is 11.2. The summed E-state index contributed by atoms with van der Waals surface area (Å²) < 4.78 is 0. The summed E-state index contributed by atoms with van der Waals surface area (Å²) in [5.41, 5.74) is 0.727. The van der Waals surface area contributed by atoms with Crippen molar-refractivity contribution in [2.75, 3.05) is 11.9 Å². The van der Waals surface area contributed by atoms with Gasteiger partial charge < -0.3 is 5.32 Å². The van der Waals surface area contributed by atoms with Crippen LogP contribution in [0.3, 0.4) is 0 Å². The van der Waals surface area contributed by atoms with Crippen LogP contribution in [0.25, 0.3) is 10.9 Å². The molecule has 0 amide bonds. The molecule has 3 rings (SSSR count). The van der Waals surface area contributed by atoms with Gasteiger partial charge in [-0.1, -0.05) is 120 Å². The van der Waals surface area contributed by atoms with Crippen LogP contribution in [0.1, 0.15) is 96.8 Å². The molecule has 0 saturated carbocycles. The first-order valence-electron chi connectivity index (χ1n) is 14.0. The van der Waals surface area contributed by atoms with Gasteiger partial charge in [-0.3, -0.25) is 15.1 Å². The number of pyridine rings is 1. The van der Waals surface area contributed by atoms with Gasteiger partial charge in [0, 0.05) is 23.0 Å². The minimum absolute atomic E-state index is 0.0780.